The summed E-state index contributed by atoms with van der Waals surface area (Å²) in [7, 11) is 0. The summed E-state index contributed by atoms with van der Waals surface area (Å²) in [6.07, 6.45) is 4.72. The van der Waals surface area contributed by atoms with E-state index in [2.05, 4.69) is 34.7 Å². The van der Waals surface area contributed by atoms with Crippen LogP contribution in [0.2, 0.25) is 0 Å². The van der Waals surface area contributed by atoms with Gasteiger partial charge in [0.1, 0.15) is 0 Å². The Morgan fingerprint density at radius 3 is 2.40 bits per heavy atom. The second-order valence-corrected chi connectivity index (χ2v) is 6.58. The topological polar surface area (TPSA) is 40.5 Å². The molecular weight excluding hydrogens is 318 g/mol. The molecule has 3 nitrogen and oxygen atoms in total. The first-order valence-electron chi connectivity index (χ1n) is 7.29. The molecule has 0 atom stereocenters. The standard InChI is InChI=1S/C16H22BrNO2/c1-3-16(4-2)7-9-18(10-8-16)14-6-5-12(17)11-13(14)15(19)20/h5-6,11H,3-4,7-10H2,1-2H3,(H,19,20). The zero-order valence-electron chi connectivity index (χ0n) is 12.2. The highest BCUT2D eigenvalue weighted by molar-refractivity contribution is 9.10. The Kier molecular flexibility index (Phi) is 4.74. The van der Waals surface area contributed by atoms with E-state index in [0.29, 0.717) is 11.0 Å². The maximum absolute atomic E-state index is 11.4. The van der Waals surface area contributed by atoms with Crippen LogP contribution in [0.3, 0.4) is 0 Å². The average Bonchev–Trinajstić information content (AvgIpc) is 2.47. The van der Waals surface area contributed by atoms with Gasteiger partial charge >= 0.3 is 5.97 Å². The lowest BCUT2D eigenvalue weighted by molar-refractivity contribution is 0.0697. The van der Waals surface area contributed by atoms with Crippen molar-refractivity contribution in [1.82, 2.24) is 0 Å². The van der Waals surface area contributed by atoms with Crippen LogP contribution in [0.4, 0.5) is 5.69 Å². The summed E-state index contributed by atoms with van der Waals surface area (Å²) in [5.74, 6) is -0.857. The number of rotatable bonds is 4. The molecule has 0 unspecified atom stereocenters. The Hall–Kier alpha value is -1.03. The predicted molar refractivity (Wildman–Crippen MR) is 85.6 cm³/mol. The third-order valence-electron chi connectivity index (χ3n) is 4.85. The van der Waals surface area contributed by atoms with E-state index in [4.69, 9.17) is 0 Å². The number of aromatic carboxylic acids is 1. The van der Waals surface area contributed by atoms with Crippen molar-refractivity contribution in [2.45, 2.75) is 39.5 Å². The van der Waals surface area contributed by atoms with Gasteiger partial charge in [-0.15, -0.1) is 0 Å². The fourth-order valence-corrected chi connectivity index (χ4v) is 3.50. The summed E-state index contributed by atoms with van der Waals surface area (Å²) in [5, 5.41) is 9.37. The number of carboxylic acids is 1. The summed E-state index contributed by atoms with van der Waals surface area (Å²) in [4.78, 5) is 13.6. The number of carboxylic acid groups (broad SMARTS) is 1. The molecule has 0 saturated carbocycles. The SMILES string of the molecule is CCC1(CC)CCN(c2ccc(Br)cc2C(=O)O)CC1. The lowest BCUT2D eigenvalue weighted by Gasteiger charge is -2.42. The van der Waals surface area contributed by atoms with Crippen molar-refractivity contribution in [3.8, 4) is 0 Å². The molecule has 0 radical (unpaired) electrons. The van der Waals surface area contributed by atoms with Crippen LogP contribution in [-0.4, -0.2) is 24.2 Å². The molecule has 1 aromatic rings. The molecule has 1 aromatic carbocycles. The first kappa shape index (κ1) is 15.4. The number of anilines is 1. The smallest absolute Gasteiger partial charge is 0.337 e. The van der Waals surface area contributed by atoms with Crippen molar-refractivity contribution in [1.29, 1.82) is 0 Å². The van der Waals surface area contributed by atoms with Crippen molar-refractivity contribution < 1.29 is 9.90 Å². The van der Waals surface area contributed by atoms with E-state index in [-0.39, 0.29) is 0 Å². The van der Waals surface area contributed by atoms with Crippen LogP contribution in [0.1, 0.15) is 49.9 Å². The summed E-state index contributed by atoms with van der Waals surface area (Å²) in [6.45, 7) is 6.43. The Balaban J connectivity index is 2.21. The van der Waals surface area contributed by atoms with Crippen LogP contribution < -0.4 is 4.90 Å². The van der Waals surface area contributed by atoms with Gasteiger partial charge in [0.25, 0.3) is 0 Å². The highest BCUT2D eigenvalue weighted by Gasteiger charge is 2.32. The molecule has 20 heavy (non-hydrogen) atoms. The number of piperidine rings is 1. The van der Waals surface area contributed by atoms with E-state index in [1.54, 1.807) is 6.07 Å². The Labute approximate surface area is 129 Å². The number of carbonyl (C=O) groups is 1. The molecule has 1 saturated heterocycles. The first-order chi connectivity index (χ1) is 9.51. The number of halogens is 1. The third-order valence-corrected chi connectivity index (χ3v) is 5.35. The lowest BCUT2D eigenvalue weighted by Crippen LogP contribution is -2.40. The molecule has 1 N–H and O–H groups in total. The molecular formula is C16H22BrNO2. The molecule has 1 aliphatic rings. The maximum atomic E-state index is 11.4. The van der Waals surface area contributed by atoms with Crippen LogP contribution in [0.15, 0.2) is 22.7 Å². The van der Waals surface area contributed by atoms with Gasteiger partial charge in [0.2, 0.25) is 0 Å². The van der Waals surface area contributed by atoms with E-state index < -0.39 is 5.97 Å². The molecule has 2 rings (SSSR count). The van der Waals surface area contributed by atoms with E-state index in [9.17, 15) is 9.90 Å². The van der Waals surface area contributed by atoms with Gasteiger partial charge in [0, 0.05) is 17.6 Å². The van der Waals surface area contributed by atoms with Crippen molar-refractivity contribution in [2.24, 2.45) is 5.41 Å². The fraction of sp³-hybridized carbons (Fsp3) is 0.562. The van der Waals surface area contributed by atoms with Gasteiger partial charge in [-0.1, -0.05) is 42.6 Å². The molecule has 4 heteroatoms. The van der Waals surface area contributed by atoms with Gasteiger partial charge in [0.05, 0.1) is 11.3 Å². The van der Waals surface area contributed by atoms with Gasteiger partial charge in [-0.05, 0) is 36.5 Å². The van der Waals surface area contributed by atoms with Gasteiger partial charge in [-0.2, -0.15) is 0 Å². The second kappa shape index (κ2) is 6.17. The molecule has 1 heterocycles. The largest absolute Gasteiger partial charge is 0.478 e. The molecule has 1 aliphatic heterocycles. The average molecular weight is 340 g/mol. The van der Waals surface area contributed by atoms with Crippen molar-refractivity contribution in [3.63, 3.8) is 0 Å². The Bertz CT molecular complexity index is 487. The number of benzene rings is 1. The highest BCUT2D eigenvalue weighted by Crippen LogP contribution is 2.39. The van der Waals surface area contributed by atoms with Gasteiger partial charge < -0.3 is 10.0 Å². The Morgan fingerprint density at radius 1 is 1.30 bits per heavy atom. The molecule has 0 aromatic heterocycles. The second-order valence-electron chi connectivity index (χ2n) is 5.66. The predicted octanol–water partition coefficient (Wildman–Crippen LogP) is 4.55. The highest BCUT2D eigenvalue weighted by atomic mass is 79.9. The van der Waals surface area contributed by atoms with Gasteiger partial charge in [0.15, 0.2) is 0 Å². The van der Waals surface area contributed by atoms with Crippen molar-refractivity contribution in [3.05, 3.63) is 28.2 Å². The normalized spacial score (nSPS) is 18.1. The zero-order chi connectivity index (χ0) is 14.8. The van der Waals surface area contributed by atoms with Crippen LogP contribution in [-0.2, 0) is 0 Å². The quantitative estimate of drug-likeness (QED) is 0.874. The van der Waals surface area contributed by atoms with Gasteiger partial charge in [-0.25, -0.2) is 4.79 Å². The van der Waals surface area contributed by atoms with E-state index in [1.807, 2.05) is 12.1 Å². The maximum Gasteiger partial charge on any atom is 0.337 e. The van der Waals surface area contributed by atoms with Crippen molar-refractivity contribution >= 4 is 27.6 Å². The van der Waals surface area contributed by atoms with Gasteiger partial charge in [-0.3, -0.25) is 0 Å². The minimum absolute atomic E-state index is 0.389. The summed E-state index contributed by atoms with van der Waals surface area (Å²) >= 11 is 3.35. The first-order valence-corrected chi connectivity index (χ1v) is 8.08. The Morgan fingerprint density at radius 2 is 1.90 bits per heavy atom. The zero-order valence-corrected chi connectivity index (χ0v) is 13.7. The van der Waals surface area contributed by atoms with E-state index in [0.717, 1.165) is 36.1 Å². The number of hydrogen-bond acceptors (Lipinski definition) is 2. The molecule has 0 aliphatic carbocycles. The van der Waals surface area contributed by atoms with Crippen LogP contribution in [0, 0.1) is 5.41 Å². The summed E-state index contributed by atoms with van der Waals surface area (Å²) in [6, 6.07) is 5.53. The molecule has 110 valence electrons. The molecule has 0 bridgehead atoms. The van der Waals surface area contributed by atoms with Crippen LogP contribution in [0.25, 0.3) is 0 Å². The minimum atomic E-state index is -0.857. The third kappa shape index (κ3) is 3.00. The fourth-order valence-electron chi connectivity index (χ4n) is 3.13. The lowest BCUT2D eigenvalue weighted by atomic mass is 9.74. The monoisotopic (exact) mass is 339 g/mol. The van der Waals surface area contributed by atoms with Crippen LogP contribution in [0.5, 0.6) is 0 Å². The van der Waals surface area contributed by atoms with Crippen molar-refractivity contribution in [2.75, 3.05) is 18.0 Å². The van der Waals surface area contributed by atoms with Crippen LogP contribution >= 0.6 is 15.9 Å². The summed E-state index contributed by atoms with van der Waals surface area (Å²) < 4.78 is 0.812. The molecule has 0 spiro atoms. The summed E-state index contributed by atoms with van der Waals surface area (Å²) in [5.41, 5.74) is 1.69. The molecule has 1 fully saturated rings. The van der Waals surface area contributed by atoms with E-state index >= 15 is 0 Å². The number of hydrogen-bond donors (Lipinski definition) is 1. The number of nitrogens with zero attached hydrogens (tertiary/aromatic N) is 1. The van der Waals surface area contributed by atoms with E-state index in [1.165, 1.54) is 12.8 Å². The molecule has 0 amide bonds. The minimum Gasteiger partial charge on any atom is -0.478 e.